The highest BCUT2D eigenvalue weighted by molar-refractivity contribution is 14.0. The molecule has 142 valence electrons. The molecule has 1 aromatic carbocycles. The first-order chi connectivity index (χ1) is 12.1. The summed E-state index contributed by atoms with van der Waals surface area (Å²) in [7, 11) is 3.12. The lowest BCUT2D eigenvalue weighted by Gasteiger charge is -2.10. The Morgan fingerprint density at radius 1 is 1.19 bits per heavy atom. The summed E-state index contributed by atoms with van der Waals surface area (Å²) in [4.78, 5) is 15.7. The average molecular weight is 475 g/mol. The van der Waals surface area contributed by atoms with Crippen molar-refractivity contribution >= 4 is 41.6 Å². The van der Waals surface area contributed by atoms with Crippen LogP contribution in [-0.2, 0) is 11.3 Å². The van der Waals surface area contributed by atoms with Gasteiger partial charge >= 0.3 is 5.97 Å². The van der Waals surface area contributed by atoms with E-state index in [2.05, 4.69) is 10.3 Å². The van der Waals surface area contributed by atoms with Gasteiger partial charge < -0.3 is 29.7 Å². The van der Waals surface area contributed by atoms with Crippen LogP contribution in [0.3, 0.4) is 0 Å². The van der Waals surface area contributed by atoms with E-state index in [0.29, 0.717) is 22.9 Å². The molecule has 9 heteroatoms. The number of esters is 1. The van der Waals surface area contributed by atoms with Crippen LogP contribution in [0.15, 0.2) is 39.7 Å². The normalized spacial score (nSPS) is 10.7. The fourth-order valence-electron chi connectivity index (χ4n) is 2.04. The van der Waals surface area contributed by atoms with Gasteiger partial charge in [0.25, 0.3) is 0 Å². The number of carbonyl (C=O) groups excluding carboxylic acids is 1. The lowest BCUT2D eigenvalue weighted by atomic mass is 10.3. The van der Waals surface area contributed by atoms with Gasteiger partial charge in [0.05, 0.1) is 20.8 Å². The van der Waals surface area contributed by atoms with Gasteiger partial charge in [-0.1, -0.05) is 0 Å². The van der Waals surface area contributed by atoms with E-state index in [4.69, 9.17) is 24.4 Å². The highest BCUT2D eigenvalue weighted by atomic mass is 127. The monoisotopic (exact) mass is 475 g/mol. The minimum Gasteiger partial charge on any atom is -0.493 e. The molecule has 0 atom stereocenters. The second-order valence-electron chi connectivity index (χ2n) is 4.88. The molecular formula is C17H22IN3O5. The molecule has 0 saturated heterocycles. The molecule has 0 radical (unpaired) electrons. The maximum Gasteiger partial charge on any atom is 0.374 e. The molecule has 0 saturated carbocycles. The van der Waals surface area contributed by atoms with E-state index in [-0.39, 0.29) is 48.8 Å². The summed E-state index contributed by atoms with van der Waals surface area (Å²) in [6.07, 6.45) is 0. The standard InChI is InChI=1S/C17H21N3O5.HI/c1-4-24-16(21)14-8-6-12(25-14)10-19-17(18)20-11-5-7-13(22-2)15(9-11)23-3;/h5-9H,4,10H2,1-3H3,(H3,18,19,20);1H. The molecule has 2 aromatic rings. The van der Waals surface area contributed by atoms with Gasteiger partial charge in [-0.2, -0.15) is 0 Å². The maximum absolute atomic E-state index is 11.5. The molecular weight excluding hydrogens is 453 g/mol. The number of hydrogen-bond donors (Lipinski definition) is 2. The number of nitrogens with two attached hydrogens (primary N) is 1. The third-order valence-corrected chi connectivity index (χ3v) is 3.20. The topological polar surface area (TPSA) is 108 Å². The Labute approximate surface area is 168 Å². The predicted octanol–water partition coefficient (Wildman–Crippen LogP) is 3.02. The first-order valence-electron chi connectivity index (χ1n) is 7.62. The molecule has 0 bridgehead atoms. The number of benzene rings is 1. The number of nitrogens with zero attached hydrogens (tertiary/aromatic N) is 1. The van der Waals surface area contributed by atoms with Crippen molar-refractivity contribution in [3.05, 3.63) is 41.9 Å². The SMILES string of the molecule is CCOC(=O)c1ccc(CN=C(N)Nc2ccc(OC)c(OC)c2)o1.I. The van der Waals surface area contributed by atoms with Gasteiger partial charge in [0, 0.05) is 11.8 Å². The summed E-state index contributed by atoms with van der Waals surface area (Å²) in [5.74, 6) is 1.52. The molecule has 0 fully saturated rings. The molecule has 0 unspecified atom stereocenters. The number of rotatable bonds is 7. The van der Waals surface area contributed by atoms with E-state index in [9.17, 15) is 4.79 Å². The summed E-state index contributed by atoms with van der Waals surface area (Å²) < 4.78 is 20.6. The summed E-state index contributed by atoms with van der Waals surface area (Å²) in [5.41, 5.74) is 6.56. The molecule has 8 nitrogen and oxygen atoms in total. The number of guanidine groups is 1. The van der Waals surface area contributed by atoms with Crippen LogP contribution in [-0.4, -0.2) is 32.8 Å². The van der Waals surface area contributed by atoms with Gasteiger partial charge in [0.2, 0.25) is 5.76 Å². The summed E-state index contributed by atoms with van der Waals surface area (Å²) >= 11 is 0. The molecule has 0 aliphatic heterocycles. The quantitative estimate of drug-likeness (QED) is 0.274. The molecule has 0 aliphatic carbocycles. The van der Waals surface area contributed by atoms with Crippen molar-refractivity contribution in [2.75, 3.05) is 26.1 Å². The lowest BCUT2D eigenvalue weighted by Crippen LogP contribution is -2.22. The van der Waals surface area contributed by atoms with E-state index in [1.165, 1.54) is 0 Å². The van der Waals surface area contributed by atoms with E-state index >= 15 is 0 Å². The Morgan fingerprint density at radius 3 is 2.58 bits per heavy atom. The Bertz CT molecular complexity index is 761. The fourth-order valence-corrected chi connectivity index (χ4v) is 2.04. The molecule has 0 amide bonds. The van der Waals surface area contributed by atoms with Crippen molar-refractivity contribution < 1.29 is 23.4 Å². The number of carbonyl (C=O) groups is 1. The van der Waals surface area contributed by atoms with Crippen LogP contribution in [0.5, 0.6) is 11.5 Å². The Morgan fingerprint density at radius 2 is 1.92 bits per heavy atom. The Kier molecular flexibility index (Phi) is 8.76. The van der Waals surface area contributed by atoms with Crippen molar-refractivity contribution in [3.8, 4) is 11.5 Å². The van der Waals surface area contributed by atoms with Crippen molar-refractivity contribution in [1.82, 2.24) is 0 Å². The first-order valence-corrected chi connectivity index (χ1v) is 7.62. The molecule has 26 heavy (non-hydrogen) atoms. The minimum absolute atomic E-state index is 0. The number of furan rings is 1. The second kappa shape index (κ2) is 10.5. The summed E-state index contributed by atoms with van der Waals surface area (Å²) in [5, 5.41) is 2.95. The number of nitrogens with one attached hydrogen (secondary N) is 1. The molecule has 1 heterocycles. The van der Waals surface area contributed by atoms with Crippen LogP contribution in [0.4, 0.5) is 5.69 Å². The van der Waals surface area contributed by atoms with E-state index in [1.807, 2.05) is 0 Å². The van der Waals surface area contributed by atoms with Crippen molar-refractivity contribution in [3.63, 3.8) is 0 Å². The molecule has 0 aliphatic rings. The van der Waals surface area contributed by atoms with Gasteiger partial charge in [-0.05, 0) is 31.2 Å². The fraction of sp³-hybridized carbons (Fsp3) is 0.294. The van der Waals surface area contributed by atoms with Gasteiger partial charge in [0.15, 0.2) is 17.5 Å². The van der Waals surface area contributed by atoms with Crippen molar-refractivity contribution in [1.29, 1.82) is 0 Å². The highest BCUT2D eigenvalue weighted by Crippen LogP contribution is 2.29. The number of aliphatic imine (C=N–C) groups is 1. The molecule has 3 N–H and O–H groups in total. The van der Waals surface area contributed by atoms with E-state index in [0.717, 1.165) is 0 Å². The molecule has 0 spiro atoms. The van der Waals surface area contributed by atoms with Crippen LogP contribution in [0.2, 0.25) is 0 Å². The van der Waals surface area contributed by atoms with Gasteiger partial charge in [0.1, 0.15) is 12.3 Å². The number of halogens is 1. The van der Waals surface area contributed by atoms with E-state index < -0.39 is 5.97 Å². The summed E-state index contributed by atoms with van der Waals surface area (Å²) in [6, 6.07) is 8.48. The second-order valence-corrected chi connectivity index (χ2v) is 4.88. The van der Waals surface area contributed by atoms with Crippen LogP contribution < -0.4 is 20.5 Å². The van der Waals surface area contributed by atoms with Crippen molar-refractivity contribution in [2.24, 2.45) is 10.7 Å². The number of hydrogen-bond acceptors (Lipinski definition) is 6. The Balaban J connectivity index is 0.00000338. The van der Waals surface area contributed by atoms with Crippen molar-refractivity contribution in [2.45, 2.75) is 13.5 Å². The maximum atomic E-state index is 11.5. The third-order valence-electron chi connectivity index (χ3n) is 3.20. The zero-order valence-electron chi connectivity index (χ0n) is 14.8. The highest BCUT2D eigenvalue weighted by Gasteiger charge is 2.11. The number of anilines is 1. The van der Waals surface area contributed by atoms with E-state index in [1.54, 1.807) is 51.5 Å². The van der Waals surface area contributed by atoms with Crippen LogP contribution in [0.1, 0.15) is 23.2 Å². The van der Waals surface area contributed by atoms with Crippen LogP contribution in [0, 0.1) is 0 Å². The zero-order valence-corrected chi connectivity index (χ0v) is 17.1. The Hall–Kier alpha value is -2.43. The first kappa shape index (κ1) is 21.6. The minimum atomic E-state index is -0.505. The number of methoxy groups -OCH3 is 2. The lowest BCUT2D eigenvalue weighted by molar-refractivity contribution is 0.0488. The summed E-state index contributed by atoms with van der Waals surface area (Å²) in [6.45, 7) is 2.20. The molecule has 1 aromatic heterocycles. The predicted molar refractivity (Wildman–Crippen MR) is 109 cm³/mol. The smallest absolute Gasteiger partial charge is 0.374 e. The van der Waals surface area contributed by atoms with Gasteiger partial charge in [-0.3, -0.25) is 0 Å². The molecule has 2 rings (SSSR count). The van der Waals surface area contributed by atoms with Gasteiger partial charge in [-0.15, -0.1) is 24.0 Å². The third kappa shape index (κ3) is 5.83. The number of ether oxygens (including phenoxy) is 3. The van der Waals surface area contributed by atoms with Crippen LogP contribution >= 0.6 is 24.0 Å². The largest absolute Gasteiger partial charge is 0.493 e. The van der Waals surface area contributed by atoms with Gasteiger partial charge in [-0.25, -0.2) is 9.79 Å². The average Bonchev–Trinajstić information content (AvgIpc) is 3.09. The zero-order chi connectivity index (χ0) is 18.2. The van der Waals surface area contributed by atoms with Crippen LogP contribution in [0.25, 0.3) is 0 Å².